The number of cyclic esters (lactones) is 1. The van der Waals surface area contributed by atoms with Crippen LogP contribution in [0.3, 0.4) is 0 Å². The Hall–Kier alpha value is -1.26. The molecule has 5 nitrogen and oxygen atoms in total. The summed E-state index contributed by atoms with van der Waals surface area (Å²) < 4.78 is 4.74. The zero-order valence-corrected chi connectivity index (χ0v) is 7.81. The van der Waals surface area contributed by atoms with E-state index in [1.54, 1.807) is 4.90 Å². The van der Waals surface area contributed by atoms with E-state index in [2.05, 4.69) is 0 Å². The highest BCUT2D eigenvalue weighted by Gasteiger charge is 2.40. The molecule has 0 unspecified atom stereocenters. The second-order valence-electron chi connectivity index (χ2n) is 3.80. The number of carbonyl (C=O) groups excluding carboxylic acids is 1. The van der Waals surface area contributed by atoms with Crippen LogP contribution >= 0.6 is 0 Å². The molecule has 1 aliphatic carbocycles. The van der Waals surface area contributed by atoms with Gasteiger partial charge in [-0.15, -0.1) is 0 Å². The van der Waals surface area contributed by atoms with E-state index in [4.69, 9.17) is 9.84 Å². The van der Waals surface area contributed by atoms with Crippen LogP contribution in [0.1, 0.15) is 25.7 Å². The maximum Gasteiger partial charge on any atom is 0.411 e. The fourth-order valence-electron chi connectivity index (χ4n) is 2.12. The van der Waals surface area contributed by atoms with E-state index < -0.39 is 18.2 Å². The lowest BCUT2D eigenvalue weighted by Gasteiger charge is -2.20. The number of carboxylic acid groups (broad SMARTS) is 1. The molecule has 0 bridgehead atoms. The van der Waals surface area contributed by atoms with E-state index in [0.717, 1.165) is 25.7 Å². The summed E-state index contributed by atoms with van der Waals surface area (Å²) in [5, 5.41) is 8.69. The van der Waals surface area contributed by atoms with Crippen molar-refractivity contribution in [2.45, 2.75) is 37.8 Å². The van der Waals surface area contributed by atoms with Crippen molar-refractivity contribution in [3.05, 3.63) is 0 Å². The van der Waals surface area contributed by atoms with Crippen molar-refractivity contribution in [3.63, 3.8) is 0 Å². The Kier molecular flexibility index (Phi) is 2.31. The molecule has 1 saturated carbocycles. The molecule has 14 heavy (non-hydrogen) atoms. The number of amides is 1. The average molecular weight is 199 g/mol. The molecule has 2 fully saturated rings. The highest BCUT2D eigenvalue weighted by atomic mass is 16.6. The summed E-state index contributed by atoms with van der Waals surface area (Å²) in [7, 11) is 0. The van der Waals surface area contributed by atoms with Crippen LogP contribution in [0.5, 0.6) is 0 Å². The molecular formula is C9H13NO4. The molecule has 0 spiro atoms. The second-order valence-corrected chi connectivity index (χ2v) is 3.80. The van der Waals surface area contributed by atoms with Gasteiger partial charge in [0, 0.05) is 6.04 Å². The summed E-state index contributed by atoms with van der Waals surface area (Å²) in [5.41, 5.74) is 0. The number of carbonyl (C=O) groups is 2. The van der Waals surface area contributed by atoms with Crippen LogP contribution in [0, 0.1) is 0 Å². The molecule has 1 amide bonds. The van der Waals surface area contributed by atoms with Gasteiger partial charge in [0.05, 0.1) is 6.54 Å². The van der Waals surface area contributed by atoms with Gasteiger partial charge in [0.2, 0.25) is 6.10 Å². The van der Waals surface area contributed by atoms with Crippen LogP contribution in [-0.4, -0.2) is 40.8 Å². The summed E-state index contributed by atoms with van der Waals surface area (Å²) >= 11 is 0. The number of nitrogens with zero attached hydrogens (tertiary/aromatic N) is 1. The van der Waals surface area contributed by atoms with Crippen LogP contribution < -0.4 is 0 Å². The summed E-state index contributed by atoms with van der Waals surface area (Å²) in [6, 6.07) is 0.201. The van der Waals surface area contributed by atoms with Gasteiger partial charge >= 0.3 is 12.1 Å². The Morgan fingerprint density at radius 3 is 2.57 bits per heavy atom. The van der Waals surface area contributed by atoms with Crippen molar-refractivity contribution >= 4 is 12.1 Å². The minimum atomic E-state index is -1.06. The van der Waals surface area contributed by atoms with Crippen LogP contribution in [0.15, 0.2) is 0 Å². The number of hydrogen-bond acceptors (Lipinski definition) is 3. The first kappa shape index (κ1) is 9.30. The standard InChI is InChI=1S/C9H13NO4/c11-8(12)7-5-10(9(13)14-7)6-3-1-2-4-6/h6-7H,1-5H2,(H,11,12)/t7-/m1/s1. The number of carboxylic acids is 1. The molecule has 1 heterocycles. The summed E-state index contributed by atoms with van der Waals surface area (Å²) in [5.74, 6) is -1.06. The lowest BCUT2D eigenvalue weighted by molar-refractivity contribution is -0.144. The Morgan fingerprint density at radius 2 is 2.07 bits per heavy atom. The molecule has 0 aromatic carbocycles. The van der Waals surface area contributed by atoms with Gasteiger partial charge in [-0.3, -0.25) is 0 Å². The maximum atomic E-state index is 11.3. The first-order valence-electron chi connectivity index (χ1n) is 4.88. The third kappa shape index (κ3) is 1.54. The Balaban J connectivity index is 2.00. The Labute approximate surface area is 81.6 Å². The molecule has 1 saturated heterocycles. The van der Waals surface area contributed by atoms with E-state index in [1.165, 1.54) is 0 Å². The van der Waals surface area contributed by atoms with Gasteiger partial charge in [0.1, 0.15) is 0 Å². The number of aliphatic carboxylic acids is 1. The molecule has 1 aliphatic heterocycles. The summed E-state index contributed by atoms with van der Waals surface area (Å²) in [6.45, 7) is 0.207. The van der Waals surface area contributed by atoms with Crippen LogP contribution in [-0.2, 0) is 9.53 Å². The monoisotopic (exact) mass is 199 g/mol. The first-order valence-corrected chi connectivity index (χ1v) is 4.88. The van der Waals surface area contributed by atoms with Crippen molar-refractivity contribution in [2.24, 2.45) is 0 Å². The van der Waals surface area contributed by atoms with Crippen molar-refractivity contribution in [2.75, 3.05) is 6.54 Å². The van der Waals surface area contributed by atoms with Crippen LogP contribution in [0.2, 0.25) is 0 Å². The van der Waals surface area contributed by atoms with Crippen molar-refractivity contribution in [1.29, 1.82) is 0 Å². The SMILES string of the molecule is O=C(O)[C@H]1CN(C2CCCC2)C(=O)O1. The third-order valence-corrected chi connectivity index (χ3v) is 2.88. The molecule has 2 rings (SSSR count). The van der Waals surface area contributed by atoms with E-state index in [1.807, 2.05) is 0 Å². The highest BCUT2D eigenvalue weighted by molar-refractivity contribution is 5.81. The molecule has 1 atom stereocenters. The molecule has 1 N–H and O–H groups in total. The largest absolute Gasteiger partial charge is 0.478 e. The van der Waals surface area contributed by atoms with Gasteiger partial charge in [-0.25, -0.2) is 9.59 Å². The lowest BCUT2D eigenvalue weighted by atomic mass is 10.2. The molecule has 5 heteroatoms. The van der Waals surface area contributed by atoms with Crippen molar-refractivity contribution in [1.82, 2.24) is 4.90 Å². The molecular weight excluding hydrogens is 186 g/mol. The topological polar surface area (TPSA) is 66.8 Å². The number of rotatable bonds is 2. The zero-order chi connectivity index (χ0) is 10.1. The minimum Gasteiger partial charge on any atom is -0.478 e. The van der Waals surface area contributed by atoms with Crippen molar-refractivity contribution in [3.8, 4) is 0 Å². The molecule has 0 aromatic heterocycles. The summed E-state index contributed by atoms with van der Waals surface area (Å²) in [4.78, 5) is 23.5. The highest BCUT2D eigenvalue weighted by Crippen LogP contribution is 2.27. The molecule has 2 aliphatic rings. The molecule has 0 aromatic rings. The van der Waals surface area contributed by atoms with Crippen molar-refractivity contribution < 1.29 is 19.4 Å². The van der Waals surface area contributed by atoms with Gasteiger partial charge in [-0.05, 0) is 12.8 Å². The van der Waals surface area contributed by atoms with Gasteiger partial charge < -0.3 is 14.7 Å². The number of ether oxygens (including phenoxy) is 1. The predicted molar refractivity (Wildman–Crippen MR) is 46.9 cm³/mol. The van der Waals surface area contributed by atoms with E-state index in [0.29, 0.717) is 0 Å². The zero-order valence-electron chi connectivity index (χ0n) is 7.81. The quantitative estimate of drug-likeness (QED) is 0.715. The van der Waals surface area contributed by atoms with Crippen LogP contribution in [0.4, 0.5) is 4.79 Å². The molecule has 0 radical (unpaired) electrons. The fourth-order valence-corrected chi connectivity index (χ4v) is 2.12. The average Bonchev–Trinajstić information content (AvgIpc) is 2.71. The smallest absolute Gasteiger partial charge is 0.411 e. The first-order chi connectivity index (χ1) is 6.68. The minimum absolute atomic E-state index is 0.201. The second kappa shape index (κ2) is 3.48. The Bertz CT molecular complexity index is 260. The van der Waals surface area contributed by atoms with E-state index in [9.17, 15) is 9.59 Å². The van der Waals surface area contributed by atoms with Gasteiger partial charge in [0.25, 0.3) is 0 Å². The Morgan fingerprint density at radius 1 is 1.43 bits per heavy atom. The van der Waals surface area contributed by atoms with Gasteiger partial charge in [-0.2, -0.15) is 0 Å². The van der Waals surface area contributed by atoms with E-state index in [-0.39, 0.29) is 12.6 Å². The summed E-state index contributed by atoms with van der Waals surface area (Å²) in [6.07, 6.45) is 2.74. The van der Waals surface area contributed by atoms with Crippen LogP contribution in [0.25, 0.3) is 0 Å². The van der Waals surface area contributed by atoms with Gasteiger partial charge in [-0.1, -0.05) is 12.8 Å². The predicted octanol–water partition coefficient (Wildman–Crippen LogP) is 0.834. The number of hydrogen-bond donors (Lipinski definition) is 1. The lowest BCUT2D eigenvalue weighted by Crippen LogP contribution is -2.35. The molecule has 78 valence electrons. The third-order valence-electron chi connectivity index (χ3n) is 2.88. The van der Waals surface area contributed by atoms with Gasteiger partial charge in [0.15, 0.2) is 0 Å². The van der Waals surface area contributed by atoms with E-state index >= 15 is 0 Å². The maximum absolute atomic E-state index is 11.3. The normalized spacial score (nSPS) is 28.1. The fraction of sp³-hybridized carbons (Fsp3) is 0.778.